The van der Waals surface area contributed by atoms with E-state index in [0.717, 1.165) is 41.5 Å². The second-order valence-corrected chi connectivity index (χ2v) is 5.56. The van der Waals surface area contributed by atoms with Crippen LogP contribution in [-0.2, 0) is 0 Å². The van der Waals surface area contributed by atoms with Gasteiger partial charge in [0.15, 0.2) is 0 Å². The number of thioether (sulfide) groups is 1. The fourth-order valence-corrected chi connectivity index (χ4v) is 3.08. The molecule has 1 aromatic carbocycles. The van der Waals surface area contributed by atoms with Crippen LogP contribution in [0.3, 0.4) is 0 Å². The van der Waals surface area contributed by atoms with Gasteiger partial charge in [-0.05, 0) is 31.5 Å². The van der Waals surface area contributed by atoms with Gasteiger partial charge in [0.05, 0.1) is 5.02 Å². The monoisotopic (exact) mass is 281 g/mol. The number of rotatable bonds is 8. The van der Waals surface area contributed by atoms with Crippen molar-refractivity contribution in [1.82, 2.24) is 5.32 Å². The maximum Gasteiger partial charge on any atom is 0.0541 e. The van der Waals surface area contributed by atoms with E-state index in [0.29, 0.717) is 6.04 Å². The van der Waals surface area contributed by atoms with E-state index in [1.165, 1.54) is 0 Å². The van der Waals surface area contributed by atoms with E-state index in [9.17, 15) is 0 Å². The van der Waals surface area contributed by atoms with Crippen molar-refractivity contribution in [2.75, 3.05) is 12.3 Å². The topological polar surface area (TPSA) is 12.0 Å². The first-order chi connectivity index (χ1) is 8.77. The summed E-state index contributed by atoms with van der Waals surface area (Å²) in [5, 5.41) is 4.33. The lowest BCUT2D eigenvalue weighted by atomic mass is 10.1. The first kappa shape index (κ1) is 15.4. The van der Waals surface area contributed by atoms with Gasteiger partial charge in [-0.1, -0.05) is 30.7 Å². The molecule has 0 aliphatic carbocycles. The summed E-state index contributed by atoms with van der Waals surface area (Å²) in [4.78, 5) is 1.15. The molecule has 1 unspecified atom stereocenters. The molecular formula is C15H20ClNS. The van der Waals surface area contributed by atoms with Gasteiger partial charge in [0.2, 0.25) is 0 Å². The Morgan fingerprint density at radius 2 is 2.22 bits per heavy atom. The highest BCUT2D eigenvalue weighted by Gasteiger charge is 2.08. The van der Waals surface area contributed by atoms with Crippen molar-refractivity contribution in [3.8, 4) is 12.3 Å². The Morgan fingerprint density at radius 3 is 2.89 bits per heavy atom. The van der Waals surface area contributed by atoms with Gasteiger partial charge in [0, 0.05) is 23.1 Å². The standard InChI is InChI=1S/C15H20ClNS/c1-3-5-6-9-13(17-4-2)12-18-15-11-8-7-10-14(15)16/h1,7-8,10-11,13,17H,4-6,9,12H2,2H3. The van der Waals surface area contributed by atoms with Gasteiger partial charge in [0.1, 0.15) is 0 Å². The Morgan fingerprint density at radius 1 is 1.44 bits per heavy atom. The van der Waals surface area contributed by atoms with Gasteiger partial charge in [-0.15, -0.1) is 24.1 Å². The van der Waals surface area contributed by atoms with Crippen molar-refractivity contribution in [1.29, 1.82) is 0 Å². The van der Waals surface area contributed by atoms with Crippen LogP contribution in [0.1, 0.15) is 26.2 Å². The van der Waals surface area contributed by atoms with Crippen molar-refractivity contribution >= 4 is 23.4 Å². The Labute approximate surface area is 120 Å². The molecule has 1 atom stereocenters. The fourth-order valence-electron chi connectivity index (χ4n) is 1.74. The summed E-state index contributed by atoms with van der Waals surface area (Å²) in [5.41, 5.74) is 0. The van der Waals surface area contributed by atoms with Crippen LogP contribution in [0, 0.1) is 12.3 Å². The third-order valence-electron chi connectivity index (χ3n) is 2.64. The lowest BCUT2D eigenvalue weighted by Gasteiger charge is -2.17. The molecule has 0 spiro atoms. The molecule has 0 heterocycles. The molecule has 1 aromatic rings. The summed E-state index contributed by atoms with van der Waals surface area (Å²) >= 11 is 7.95. The molecule has 0 saturated heterocycles. The number of halogens is 1. The van der Waals surface area contributed by atoms with E-state index in [2.05, 4.69) is 24.2 Å². The van der Waals surface area contributed by atoms with Crippen LogP contribution in [0.15, 0.2) is 29.2 Å². The molecule has 0 amide bonds. The Bertz CT molecular complexity index is 386. The average Bonchev–Trinajstić information content (AvgIpc) is 2.38. The van der Waals surface area contributed by atoms with E-state index < -0.39 is 0 Å². The molecule has 0 aliphatic rings. The Hall–Kier alpha value is -0.620. The molecule has 0 radical (unpaired) electrons. The van der Waals surface area contributed by atoms with Crippen molar-refractivity contribution in [3.05, 3.63) is 29.3 Å². The fraction of sp³-hybridized carbons (Fsp3) is 0.467. The van der Waals surface area contributed by atoms with E-state index in [1.54, 1.807) is 0 Å². The molecule has 1 rings (SSSR count). The smallest absolute Gasteiger partial charge is 0.0541 e. The van der Waals surface area contributed by atoms with Crippen molar-refractivity contribution in [3.63, 3.8) is 0 Å². The minimum Gasteiger partial charge on any atom is -0.313 e. The summed E-state index contributed by atoms with van der Waals surface area (Å²) in [6.45, 7) is 3.12. The van der Waals surface area contributed by atoms with Crippen LogP contribution in [0.25, 0.3) is 0 Å². The number of nitrogens with one attached hydrogen (secondary N) is 1. The SMILES string of the molecule is C#CCCCC(CSc1ccccc1Cl)NCC. The lowest BCUT2D eigenvalue weighted by Crippen LogP contribution is -2.31. The minimum absolute atomic E-state index is 0.504. The predicted molar refractivity (Wildman–Crippen MR) is 82.3 cm³/mol. The summed E-state index contributed by atoms with van der Waals surface area (Å²) in [6, 6.07) is 8.49. The highest BCUT2D eigenvalue weighted by Crippen LogP contribution is 2.27. The summed E-state index contributed by atoms with van der Waals surface area (Å²) in [5.74, 6) is 3.72. The molecular weight excluding hydrogens is 262 g/mol. The molecule has 0 saturated carbocycles. The minimum atomic E-state index is 0.504. The van der Waals surface area contributed by atoms with E-state index in [4.69, 9.17) is 18.0 Å². The van der Waals surface area contributed by atoms with Crippen LogP contribution < -0.4 is 5.32 Å². The number of benzene rings is 1. The summed E-state index contributed by atoms with van der Waals surface area (Å²) in [6.07, 6.45) is 8.34. The molecule has 18 heavy (non-hydrogen) atoms. The molecule has 0 aliphatic heterocycles. The number of hydrogen-bond acceptors (Lipinski definition) is 2. The lowest BCUT2D eigenvalue weighted by molar-refractivity contribution is 0.523. The second kappa shape index (κ2) is 9.33. The highest BCUT2D eigenvalue weighted by molar-refractivity contribution is 7.99. The molecule has 0 bridgehead atoms. The van der Waals surface area contributed by atoms with Crippen LogP contribution >= 0.6 is 23.4 Å². The van der Waals surface area contributed by atoms with Gasteiger partial charge in [-0.3, -0.25) is 0 Å². The molecule has 3 heteroatoms. The van der Waals surface area contributed by atoms with Crippen molar-refractivity contribution in [2.45, 2.75) is 37.1 Å². The van der Waals surface area contributed by atoms with Crippen LogP contribution in [0.4, 0.5) is 0 Å². The molecule has 1 nitrogen and oxygen atoms in total. The second-order valence-electron chi connectivity index (χ2n) is 4.09. The maximum atomic E-state index is 6.14. The van der Waals surface area contributed by atoms with Crippen LogP contribution in [-0.4, -0.2) is 18.3 Å². The molecule has 0 fully saturated rings. The zero-order chi connectivity index (χ0) is 13.2. The first-order valence-electron chi connectivity index (χ1n) is 6.32. The predicted octanol–water partition coefficient (Wildman–Crippen LogP) is 4.21. The van der Waals surface area contributed by atoms with Crippen molar-refractivity contribution < 1.29 is 0 Å². The highest BCUT2D eigenvalue weighted by atomic mass is 35.5. The van der Waals surface area contributed by atoms with E-state index in [-0.39, 0.29) is 0 Å². The Kier molecular flexibility index (Phi) is 8.00. The number of unbranched alkanes of at least 4 members (excludes halogenated alkanes) is 1. The zero-order valence-electron chi connectivity index (χ0n) is 10.8. The van der Waals surface area contributed by atoms with Gasteiger partial charge in [-0.25, -0.2) is 0 Å². The zero-order valence-corrected chi connectivity index (χ0v) is 12.4. The average molecular weight is 282 g/mol. The Balaban J connectivity index is 2.41. The van der Waals surface area contributed by atoms with Crippen molar-refractivity contribution in [2.24, 2.45) is 0 Å². The van der Waals surface area contributed by atoms with Crippen LogP contribution in [0.5, 0.6) is 0 Å². The normalized spacial score (nSPS) is 12.1. The number of terminal acetylenes is 1. The van der Waals surface area contributed by atoms with Crippen LogP contribution in [0.2, 0.25) is 5.02 Å². The third-order valence-corrected chi connectivity index (χ3v) is 4.32. The maximum absolute atomic E-state index is 6.14. The first-order valence-corrected chi connectivity index (χ1v) is 7.68. The summed E-state index contributed by atoms with van der Waals surface area (Å²) < 4.78 is 0. The van der Waals surface area contributed by atoms with E-state index >= 15 is 0 Å². The summed E-state index contributed by atoms with van der Waals surface area (Å²) in [7, 11) is 0. The number of hydrogen-bond donors (Lipinski definition) is 1. The van der Waals surface area contributed by atoms with E-state index in [1.807, 2.05) is 30.0 Å². The molecule has 1 N–H and O–H groups in total. The quantitative estimate of drug-likeness (QED) is 0.435. The van der Waals surface area contributed by atoms with Gasteiger partial charge in [-0.2, -0.15) is 0 Å². The van der Waals surface area contributed by atoms with Gasteiger partial charge < -0.3 is 5.32 Å². The largest absolute Gasteiger partial charge is 0.313 e. The molecule has 0 aromatic heterocycles. The van der Waals surface area contributed by atoms with Gasteiger partial charge >= 0.3 is 0 Å². The third kappa shape index (κ3) is 5.82. The van der Waals surface area contributed by atoms with Gasteiger partial charge in [0.25, 0.3) is 0 Å². The molecule has 98 valence electrons.